The van der Waals surface area contributed by atoms with Crippen molar-refractivity contribution in [3.8, 4) is 6.07 Å². The molecule has 3 rings (SSSR count). The second kappa shape index (κ2) is 6.86. The molecular formula is C16H17N7OS. The van der Waals surface area contributed by atoms with E-state index in [1.807, 2.05) is 37.9 Å². The van der Waals surface area contributed by atoms with Crippen molar-refractivity contribution < 1.29 is 4.79 Å². The molecule has 0 radical (unpaired) electrons. The third-order valence-corrected chi connectivity index (χ3v) is 5.06. The van der Waals surface area contributed by atoms with Crippen LogP contribution in [0.25, 0.3) is 5.52 Å². The lowest BCUT2D eigenvalue weighted by Gasteiger charge is -2.25. The Morgan fingerprint density at radius 3 is 3.08 bits per heavy atom. The van der Waals surface area contributed by atoms with E-state index in [0.29, 0.717) is 23.3 Å². The Bertz CT molecular complexity index is 955. The summed E-state index contributed by atoms with van der Waals surface area (Å²) >= 11 is 1.29. The molecule has 0 spiro atoms. The van der Waals surface area contributed by atoms with Gasteiger partial charge in [-0.15, -0.1) is 5.10 Å². The van der Waals surface area contributed by atoms with Crippen molar-refractivity contribution in [2.45, 2.75) is 19.9 Å². The number of fused-ring (bicyclic) bond motifs is 1. The lowest BCUT2D eigenvalue weighted by atomic mass is 10.2. The van der Waals surface area contributed by atoms with Gasteiger partial charge in [-0.2, -0.15) is 9.64 Å². The molecule has 0 saturated heterocycles. The number of rotatable bonds is 5. The Hall–Kier alpha value is -2.99. The normalized spacial score (nSPS) is 11.9. The van der Waals surface area contributed by atoms with Crippen molar-refractivity contribution >= 4 is 28.0 Å². The van der Waals surface area contributed by atoms with E-state index in [-0.39, 0.29) is 11.9 Å². The number of aromatic nitrogens is 4. The number of anilines is 1. The van der Waals surface area contributed by atoms with Crippen LogP contribution in [0.15, 0.2) is 24.4 Å². The van der Waals surface area contributed by atoms with Gasteiger partial charge < -0.3 is 10.2 Å². The van der Waals surface area contributed by atoms with Crippen LogP contribution in [-0.2, 0) is 0 Å². The van der Waals surface area contributed by atoms with E-state index in [2.05, 4.69) is 26.1 Å². The van der Waals surface area contributed by atoms with Crippen molar-refractivity contribution in [2.24, 2.45) is 0 Å². The minimum atomic E-state index is -0.276. The number of likely N-dealkylation sites (N-methyl/N-ethyl adjacent to an activating group) is 1. The number of nitriles is 1. The predicted molar refractivity (Wildman–Crippen MR) is 94.8 cm³/mol. The van der Waals surface area contributed by atoms with E-state index in [1.165, 1.54) is 11.5 Å². The Labute approximate surface area is 148 Å². The average molecular weight is 355 g/mol. The van der Waals surface area contributed by atoms with Crippen LogP contribution in [0.3, 0.4) is 0 Å². The minimum absolute atomic E-state index is 0.0160. The third kappa shape index (κ3) is 3.16. The first-order valence-electron chi connectivity index (χ1n) is 7.70. The summed E-state index contributed by atoms with van der Waals surface area (Å²) in [5, 5.41) is 20.8. The van der Waals surface area contributed by atoms with Crippen molar-refractivity contribution in [1.82, 2.24) is 24.5 Å². The van der Waals surface area contributed by atoms with Crippen molar-refractivity contribution in [3.63, 3.8) is 0 Å². The lowest BCUT2D eigenvalue weighted by molar-refractivity contribution is 0.0948. The van der Waals surface area contributed by atoms with Gasteiger partial charge in [-0.3, -0.25) is 4.79 Å². The number of carbonyl (C=O) groups is 1. The van der Waals surface area contributed by atoms with Crippen molar-refractivity contribution in [2.75, 3.05) is 18.5 Å². The average Bonchev–Trinajstić information content (AvgIpc) is 3.21. The summed E-state index contributed by atoms with van der Waals surface area (Å²) in [6.07, 6.45) is 1.74. The summed E-state index contributed by atoms with van der Waals surface area (Å²) in [6, 6.07) is 7.62. The maximum Gasteiger partial charge on any atom is 0.274 e. The number of carbonyl (C=O) groups excluding carboxylic acids is 1. The Morgan fingerprint density at radius 2 is 2.32 bits per heavy atom. The number of aryl methyl sites for hydroxylation is 1. The molecule has 0 aliphatic carbocycles. The molecule has 0 aromatic carbocycles. The van der Waals surface area contributed by atoms with Gasteiger partial charge in [0, 0.05) is 25.8 Å². The molecule has 3 aromatic rings. The van der Waals surface area contributed by atoms with E-state index in [1.54, 1.807) is 16.8 Å². The number of nitrogens with zero attached hydrogens (tertiary/aromatic N) is 6. The van der Waals surface area contributed by atoms with Gasteiger partial charge in [0.2, 0.25) is 0 Å². The van der Waals surface area contributed by atoms with Crippen LogP contribution in [0.2, 0.25) is 0 Å². The third-order valence-electron chi connectivity index (χ3n) is 4.03. The zero-order valence-electron chi connectivity index (χ0n) is 14.1. The maximum absolute atomic E-state index is 12.4. The Kier molecular flexibility index (Phi) is 4.63. The summed E-state index contributed by atoms with van der Waals surface area (Å²) in [4.78, 5) is 14.4. The van der Waals surface area contributed by atoms with Gasteiger partial charge in [0.15, 0.2) is 5.69 Å². The fourth-order valence-corrected chi connectivity index (χ4v) is 3.30. The number of hydrogen-bond acceptors (Lipinski definition) is 7. The molecule has 1 unspecified atom stereocenters. The van der Waals surface area contributed by atoms with Crippen LogP contribution < -0.4 is 10.2 Å². The van der Waals surface area contributed by atoms with Crippen LogP contribution >= 0.6 is 11.5 Å². The number of nitrogens with one attached hydrogen (secondary N) is 1. The molecule has 3 heterocycles. The quantitative estimate of drug-likeness (QED) is 0.747. The Balaban J connectivity index is 1.68. The molecule has 25 heavy (non-hydrogen) atoms. The van der Waals surface area contributed by atoms with E-state index >= 15 is 0 Å². The van der Waals surface area contributed by atoms with Crippen LogP contribution in [-0.4, -0.2) is 44.7 Å². The summed E-state index contributed by atoms with van der Waals surface area (Å²) in [7, 11) is 1.89. The maximum atomic E-state index is 12.4. The molecular weight excluding hydrogens is 338 g/mol. The highest BCUT2D eigenvalue weighted by molar-refractivity contribution is 7.10. The van der Waals surface area contributed by atoms with Crippen LogP contribution in [0.5, 0.6) is 0 Å². The van der Waals surface area contributed by atoms with Gasteiger partial charge in [0.25, 0.3) is 5.91 Å². The topological polar surface area (TPSA) is 99.2 Å². The predicted octanol–water partition coefficient (Wildman–Crippen LogP) is 1.62. The van der Waals surface area contributed by atoms with Gasteiger partial charge >= 0.3 is 0 Å². The second-order valence-electron chi connectivity index (χ2n) is 5.70. The Morgan fingerprint density at radius 1 is 1.52 bits per heavy atom. The molecule has 1 N–H and O–H groups in total. The summed E-state index contributed by atoms with van der Waals surface area (Å²) in [5.41, 5.74) is 2.25. The molecule has 8 nitrogen and oxygen atoms in total. The number of hydrogen-bond donors (Lipinski definition) is 1. The highest BCUT2D eigenvalue weighted by atomic mass is 32.1. The van der Waals surface area contributed by atoms with Crippen LogP contribution in [0.4, 0.5) is 5.00 Å². The summed E-state index contributed by atoms with van der Waals surface area (Å²) < 4.78 is 5.79. The first-order valence-corrected chi connectivity index (χ1v) is 8.47. The van der Waals surface area contributed by atoms with Gasteiger partial charge in [0.05, 0.1) is 11.2 Å². The van der Waals surface area contributed by atoms with E-state index in [0.717, 1.165) is 10.7 Å². The zero-order valence-corrected chi connectivity index (χ0v) is 14.9. The molecule has 0 bridgehead atoms. The van der Waals surface area contributed by atoms with Crippen molar-refractivity contribution in [1.29, 1.82) is 5.26 Å². The monoisotopic (exact) mass is 355 g/mol. The van der Waals surface area contributed by atoms with E-state index < -0.39 is 0 Å². The molecule has 0 aliphatic rings. The molecule has 0 saturated carbocycles. The SMILES string of the molecule is Cc1nsc(N(C)C(C)CNC(=O)c2nnn3ccccc23)c1C#N. The smallest absolute Gasteiger partial charge is 0.274 e. The summed E-state index contributed by atoms with van der Waals surface area (Å²) in [6.45, 7) is 4.19. The lowest BCUT2D eigenvalue weighted by Crippen LogP contribution is -2.40. The van der Waals surface area contributed by atoms with Crippen LogP contribution in [0, 0.1) is 18.3 Å². The standard InChI is InChI=1S/C16H17N7OS/c1-10(22(3)16-12(8-17)11(2)20-25-16)9-18-15(24)14-13-6-4-5-7-23(13)21-19-14/h4-7,10H,9H2,1-3H3,(H,18,24). The molecule has 9 heteroatoms. The van der Waals surface area contributed by atoms with Crippen molar-refractivity contribution in [3.05, 3.63) is 41.3 Å². The number of amides is 1. The summed E-state index contributed by atoms with van der Waals surface area (Å²) in [5.74, 6) is -0.276. The fraction of sp³-hybridized carbons (Fsp3) is 0.312. The first-order chi connectivity index (χ1) is 12.0. The fourth-order valence-electron chi connectivity index (χ4n) is 2.39. The van der Waals surface area contributed by atoms with Gasteiger partial charge in [-0.25, -0.2) is 4.52 Å². The number of pyridine rings is 1. The largest absolute Gasteiger partial charge is 0.360 e. The van der Waals surface area contributed by atoms with Gasteiger partial charge in [0.1, 0.15) is 16.6 Å². The highest BCUT2D eigenvalue weighted by Crippen LogP contribution is 2.28. The molecule has 128 valence electrons. The van der Waals surface area contributed by atoms with Gasteiger partial charge in [-0.05, 0) is 37.5 Å². The first kappa shape index (κ1) is 16.9. The molecule has 0 fully saturated rings. The molecule has 1 atom stereocenters. The molecule has 0 aliphatic heterocycles. The van der Waals surface area contributed by atoms with Gasteiger partial charge in [-0.1, -0.05) is 11.3 Å². The second-order valence-corrected chi connectivity index (χ2v) is 6.45. The highest BCUT2D eigenvalue weighted by Gasteiger charge is 2.20. The molecule has 1 amide bonds. The van der Waals surface area contributed by atoms with E-state index in [9.17, 15) is 10.1 Å². The zero-order chi connectivity index (χ0) is 18.0. The van der Waals surface area contributed by atoms with Crippen LogP contribution in [0.1, 0.15) is 28.7 Å². The molecule has 3 aromatic heterocycles. The minimum Gasteiger partial charge on any atom is -0.360 e. The van der Waals surface area contributed by atoms with E-state index in [4.69, 9.17) is 0 Å².